The third kappa shape index (κ3) is 3.56. The van der Waals surface area contributed by atoms with Gasteiger partial charge in [-0.05, 0) is 78.3 Å². The van der Waals surface area contributed by atoms with Crippen molar-refractivity contribution in [2.75, 3.05) is 0 Å². The lowest BCUT2D eigenvalue weighted by Crippen LogP contribution is -2.32. The van der Waals surface area contributed by atoms with Crippen LogP contribution >= 0.6 is 11.3 Å². The van der Waals surface area contributed by atoms with Gasteiger partial charge in [-0.2, -0.15) is 0 Å². The molecule has 5 aromatic rings. The summed E-state index contributed by atoms with van der Waals surface area (Å²) in [5.41, 5.74) is 6.41. The van der Waals surface area contributed by atoms with Crippen LogP contribution in [0.5, 0.6) is 0 Å². The second-order valence-electron chi connectivity index (χ2n) is 10.4. The van der Waals surface area contributed by atoms with E-state index in [4.69, 9.17) is 4.98 Å². The third-order valence-corrected chi connectivity index (χ3v) is 9.60. The van der Waals surface area contributed by atoms with E-state index < -0.39 is 0 Å². The van der Waals surface area contributed by atoms with Crippen LogP contribution in [0.3, 0.4) is 0 Å². The molecule has 8 rings (SSSR count). The Bertz CT molecular complexity index is 1470. The van der Waals surface area contributed by atoms with Gasteiger partial charge in [0.1, 0.15) is 0 Å². The first-order chi connectivity index (χ1) is 16.8. The molecule has 0 N–H and O–H groups in total. The molecular weight excluding hydrogens is 430 g/mol. The molecule has 3 saturated carbocycles. The van der Waals surface area contributed by atoms with E-state index in [1.54, 1.807) is 0 Å². The van der Waals surface area contributed by atoms with Crippen LogP contribution in [0.4, 0.5) is 0 Å². The average Bonchev–Trinajstić information content (AvgIpc) is 3.28. The highest BCUT2D eigenvalue weighted by atomic mass is 32.1. The summed E-state index contributed by atoms with van der Waals surface area (Å²) in [7, 11) is 0. The van der Waals surface area contributed by atoms with Gasteiger partial charge in [-0.15, -0.1) is 11.3 Å². The third-order valence-electron chi connectivity index (χ3n) is 8.40. The van der Waals surface area contributed by atoms with Crippen molar-refractivity contribution in [2.24, 2.45) is 17.8 Å². The Morgan fingerprint density at radius 3 is 2.47 bits per heavy atom. The van der Waals surface area contributed by atoms with Crippen molar-refractivity contribution < 1.29 is 0 Å². The van der Waals surface area contributed by atoms with Crippen molar-refractivity contribution in [3.05, 3.63) is 90.6 Å². The van der Waals surface area contributed by atoms with Crippen molar-refractivity contribution in [3.63, 3.8) is 0 Å². The van der Waals surface area contributed by atoms with E-state index in [9.17, 15) is 0 Å². The molecule has 1 unspecified atom stereocenters. The Kier molecular flexibility index (Phi) is 5.02. The maximum Gasteiger partial charge on any atom is 0.0719 e. The highest BCUT2D eigenvalue weighted by Gasteiger charge is 2.35. The van der Waals surface area contributed by atoms with Gasteiger partial charge in [0, 0.05) is 31.9 Å². The fraction of sp³-hybridized carbons (Fsp3) is 0.281. The van der Waals surface area contributed by atoms with Gasteiger partial charge in [0.2, 0.25) is 0 Å². The van der Waals surface area contributed by atoms with Crippen molar-refractivity contribution in [3.8, 4) is 22.4 Å². The van der Waals surface area contributed by atoms with Gasteiger partial charge in [0.15, 0.2) is 0 Å². The number of benzene rings is 3. The predicted molar refractivity (Wildman–Crippen MR) is 145 cm³/mol. The van der Waals surface area contributed by atoms with Crippen molar-refractivity contribution in [1.82, 2.24) is 4.98 Å². The first-order valence-corrected chi connectivity index (χ1v) is 13.6. The first kappa shape index (κ1) is 20.4. The normalized spacial score (nSPS) is 21.9. The first-order valence-electron chi connectivity index (χ1n) is 12.8. The Morgan fingerprint density at radius 2 is 1.65 bits per heavy atom. The maximum absolute atomic E-state index is 4.84. The molecular formula is C32H29NS. The summed E-state index contributed by atoms with van der Waals surface area (Å²) in [5, 5.41) is 2.69. The van der Waals surface area contributed by atoms with E-state index in [-0.39, 0.29) is 0 Å². The van der Waals surface area contributed by atoms with Gasteiger partial charge in [-0.3, -0.25) is 4.98 Å². The van der Waals surface area contributed by atoms with Crippen LogP contribution in [0.2, 0.25) is 0 Å². The predicted octanol–water partition coefficient (Wildman–Crippen LogP) is 9.15. The van der Waals surface area contributed by atoms with Gasteiger partial charge in [-0.1, -0.05) is 73.5 Å². The lowest BCUT2D eigenvalue weighted by Gasteiger charge is -2.42. The fourth-order valence-corrected chi connectivity index (χ4v) is 7.89. The Hall–Kier alpha value is -2.97. The summed E-state index contributed by atoms with van der Waals surface area (Å²) in [4.78, 5) is 4.84. The zero-order valence-corrected chi connectivity index (χ0v) is 20.2. The lowest BCUT2D eigenvalue weighted by molar-refractivity contribution is 0.0991. The zero-order valence-electron chi connectivity index (χ0n) is 19.4. The molecule has 0 radical (unpaired) electrons. The summed E-state index contributed by atoms with van der Waals surface area (Å²) >= 11 is 1.90. The van der Waals surface area contributed by atoms with Gasteiger partial charge in [0.25, 0.3) is 0 Å². The maximum atomic E-state index is 4.84. The SMILES string of the molecule is c1ccc(-c2ccc3c(c2)sc2c(-c4cc(CC5CC6CCC5CC6)ccn4)cccc23)cc1. The summed E-state index contributed by atoms with van der Waals surface area (Å²) in [6.07, 6.45) is 10.6. The molecule has 3 fully saturated rings. The molecule has 34 heavy (non-hydrogen) atoms. The van der Waals surface area contributed by atoms with E-state index in [0.717, 1.165) is 23.4 Å². The summed E-state index contributed by atoms with van der Waals surface area (Å²) in [6.45, 7) is 0. The molecule has 0 amide bonds. The molecule has 3 aliphatic carbocycles. The van der Waals surface area contributed by atoms with Crippen molar-refractivity contribution >= 4 is 31.5 Å². The minimum absolute atomic E-state index is 0.874. The fourth-order valence-electron chi connectivity index (χ4n) is 6.63. The largest absolute Gasteiger partial charge is 0.256 e. The van der Waals surface area contributed by atoms with Crippen LogP contribution in [0.25, 0.3) is 42.6 Å². The second-order valence-corrected chi connectivity index (χ2v) is 11.4. The molecule has 168 valence electrons. The van der Waals surface area contributed by atoms with E-state index in [1.165, 1.54) is 81.0 Å². The Morgan fingerprint density at radius 1 is 0.765 bits per heavy atom. The van der Waals surface area contributed by atoms with Gasteiger partial charge < -0.3 is 0 Å². The number of hydrogen-bond acceptors (Lipinski definition) is 2. The van der Waals surface area contributed by atoms with Crippen LogP contribution < -0.4 is 0 Å². The van der Waals surface area contributed by atoms with Crippen LogP contribution in [0.1, 0.15) is 37.7 Å². The number of aromatic nitrogens is 1. The molecule has 2 aromatic heterocycles. The number of rotatable bonds is 4. The van der Waals surface area contributed by atoms with E-state index >= 15 is 0 Å². The number of fused-ring (bicyclic) bond motifs is 6. The summed E-state index contributed by atoms with van der Waals surface area (Å²) in [6, 6.07) is 28.9. The van der Waals surface area contributed by atoms with Gasteiger partial charge in [-0.25, -0.2) is 0 Å². The molecule has 1 atom stereocenters. The minimum Gasteiger partial charge on any atom is -0.256 e. The molecule has 3 aliphatic rings. The number of thiophene rings is 1. The Labute approximate surface area is 205 Å². The molecule has 0 aliphatic heterocycles. The monoisotopic (exact) mass is 459 g/mol. The smallest absolute Gasteiger partial charge is 0.0719 e. The molecule has 2 bridgehead atoms. The summed E-state index contributed by atoms with van der Waals surface area (Å²) < 4.78 is 2.70. The van der Waals surface area contributed by atoms with E-state index in [0.29, 0.717) is 0 Å². The Balaban J connectivity index is 1.26. The van der Waals surface area contributed by atoms with Crippen LogP contribution in [0.15, 0.2) is 85.1 Å². The highest BCUT2D eigenvalue weighted by Crippen LogP contribution is 2.46. The van der Waals surface area contributed by atoms with Crippen molar-refractivity contribution in [1.29, 1.82) is 0 Å². The van der Waals surface area contributed by atoms with Gasteiger partial charge >= 0.3 is 0 Å². The lowest BCUT2D eigenvalue weighted by atomic mass is 9.63. The number of hydrogen-bond donors (Lipinski definition) is 0. The molecule has 2 heterocycles. The zero-order chi connectivity index (χ0) is 22.5. The standard InChI is InChI=1S/C32H29NS/c1-2-5-23(6-3-1)25-13-14-27-28-7-4-8-29(32(28)34-31(27)20-25)30-19-22(15-16-33-30)18-26-17-21-9-11-24(26)12-10-21/h1-8,13-16,19-21,24,26H,9-12,17-18H2. The van der Waals surface area contributed by atoms with E-state index in [2.05, 4.69) is 78.9 Å². The van der Waals surface area contributed by atoms with E-state index in [1.807, 2.05) is 17.5 Å². The molecule has 1 nitrogen and oxygen atoms in total. The van der Waals surface area contributed by atoms with Crippen LogP contribution in [-0.2, 0) is 6.42 Å². The minimum atomic E-state index is 0.874. The summed E-state index contributed by atoms with van der Waals surface area (Å²) in [5.74, 6) is 2.81. The number of nitrogens with zero attached hydrogens (tertiary/aromatic N) is 1. The molecule has 0 spiro atoms. The van der Waals surface area contributed by atoms with Crippen LogP contribution in [-0.4, -0.2) is 4.98 Å². The molecule has 0 saturated heterocycles. The van der Waals surface area contributed by atoms with Gasteiger partial charge in [0.05, 0.1) is 5.69 Å². The second kappa shape index (κ2) is 8.36. The quantitative estimate of drug-likeness (QED) is 0.261. The average molecular weight is 460 g/mol. The van der Waals surface area contributed by atoms with Crippen molar-refractivity contribution in [2.45, 2.75) is 38.5 Å². The van der Waals surface area contributed by atoms with Crippen LogP contribution in [0, 0.1) is 17.8 Å². The topological polar surface area (TPSA) is 12.9 Å². The molecule has 2 heteroatoms. The molecule has 3 aromatic carbocycles. The highest BCUT2D eigenvalue weighted by molar-refractivity contribution is 7.26. The number of pyridine rings is 1.